The van der Waals surface area contributed by atoms with Gasteiger partial charge in [0.15, 0.2) is 0 Å². The molecule has 0 saturated heterocycles. The molecule has 0 atom stereocenters. The van der Waals surface area contributed by atoms with E-state index < -0.39 is 10.0 Å². The van der Waals surface area contributed by atoms with Gasteiger partial charge in [0, 0.05) is 12.7 Å². The first-order valence-electron chi connectivity index (χ1n) is 6.24. The lowest BCUT2D eigenvalue weighted by Gasteiger charge is -2.21. The Hall–Kier alpha value is -2.01. The third-order valence-corrected chi connectivity index (χ3v) is 5.26. The minimum atomic E-state index is -3.61. The molecule has 0 aliphatic carbocycles. The van der Waals surface area contributed by atoms with Gasteiger partial charge in [-0.3, -0.25) is 4.31 Å². The molecule has 106 valence electrons. The van der Waals surface area contributed by atoms with E-state index in [0.717, 1.165) is 5.56 Å². The Morgan fingerprint density at radius 3 is 2.35 bits per heavy atom. The predicted octanol–water partition coefficient (Wildman–Crippen LogP) is 2.71. The molecule has 0 amide bonds. The number of nitrogens with two attached hydrogens (primary N) is 1. The van der Waals surface area contributed by atoms with Crippen LogP contribution in [0.1, 0.15) is 11.1 Å². The number of hydrogen-bond acceptors (Lipinski definition) is 3. The fourth-order valence-electron chi connectivity index (χ4n) is 2.02. The van der Waals surface area contributed by atoms with Crippen LogP contribution in [0.4, 0.5) is 11.4 Å². The number of nitrogens with zero attached hydrogens (tertiary/aromatic N) is 1. The summed E-state index contributed by atoms with van der Waals surface area (Å²) in [7, 11) is -2.06. The Kier molecular flexibility index (Phi) is 3.72. The van der Waals surface area contributed by atoms with Crippen LogP contribution in [0, 0.1) is 13.8 Å². The van der Waals surface area contributed by atoms with Crippen LogP contribution < -0.4 is 10.0 Å². The Morgan fingerprint density at radius 1 is 1.05 bits per heavy atom. The molecule has 0 unspecified atom stereocenters. The molecule has 0 bridgehead atoms. The van der Waals surface area contributed by atoms with Crippen LogP contribution in [-0.2, 0) is 10.0 Å². The van der Waals surface area contributed by atoms with E-state index >= 15 is 0 Å². The summed E-state index contributed by atoms with van der Waals surface area (Å²) in [5, 5.41) is 0. The molecular weight excluding hydrogens is 272 g/mol. The Labute approximate surface area is 119 Å². The van der Waals surface area contributed by atoms with E-state index in [9.17, 15) is 8.42 Å². The van der Waals surface area contributed by atoms with Crippen molar-refractivity contribution in [3.63, 3.8) is 0 Å². The molecule has 2 aromatic rings. The van der Waals surface area contributed by atoms with Crippen molar-refractivity contribution in [2.24, 2.45) is 0 Å². The maximum absolute atomic E-state index is 12.7. The average Bonchev–Trinajstić information content (AvgIpc) is 2.40. The molecule has 0 aromatic heterocycles. The Balaban J connectivity index is 2.52. The first kappa shape index (κ1) is 14.4. The smallest absolute Gasteiger partial charge is 0.264 e. The summed E-state index contributed by atoms with van der Waals surface area (Å²) >= 11 is 0. The number of anilines is 2. The van der Waals surface area contributed by atoms with Crippen molar-refractivity contribution in [3.8, 4) is 0 Å². The van der Waals surface area contributed by atoms with Gasteiger partial charge in [0.2, 0.25) is 0 Å². The summed E-state index contributed by atoms with van der Waals surface area (Å²) in [6, 6.07) is 12.3. The minimum Gasteiger partial charge on any atom is -0.398 e. The molecule has 0 radical (unpaired) electrons. The quantitative estimate of drug-likeness (QED) is 0.884. The molecular formula is C15H18N2O2S. The lowest BCUT2D eigenvalue weighted by molar-refractivity contribution is 0.594. The van der Waals surface area contributed by atoms with E-state index in [1.54, 1.807) is 38.2 Å². The molecule has 20 heavy (non-hydrogen) atoms. The van der Waals surface area contributed by atoms with Gasteiger partial charge < -0.3 is 5.73 Å². The number of hydrogen-bond donors (Lipinski definition) is 1. The van der Waals surface area contributed by atoms with Crippen LogP contribution in [0.3, 0.4) is 0 Å². The summed E-state index contributed by atoms with van der Waals surface area (Å²) in [4.78, 5) is 0.238. The molecule has 2 rings (SSSR count). The molecule has 4 nitrogen and oxygen atoms in total. The van der Waals surface area contributed by atoms with Gasteiger partial charge in [0.25, 0.3) is 10.0 Å². The number of rotatable bonds is 3. The highest BCUT2D eigenvalue weighted by atomic mass is 32.2. The van der Waals surface area contributed by atoms with Crippen LogP contribution in [0.2, 0.25) is 0 Å². The van der Waals surface area contributed by atoms with Crippen LogP contribution in [0.25, 0.3) is 0 Å². The number of benzene rings is 2. The zero-order chi connectivity index (χ0) is 14.9. The molecule has 0 fully saturated rings. The second kappa shape index (κ2) is 5.17. The maximum Gasteiger partial charge on any atom is 0.264 e. The Morgan fingerprint density at radius 2 is 1.70 bits per heavy atom. The molecule has 0 saturated carbocycles. The lowest BCUT2D eigenvalue weighted by Crippen LogP contribution is -2.27. The van der Waals surface area contributed by atoms with Crippen molar-refractivity contribution in [1.29, 1.82) is 0 Å². The van der Waals surface area contributed by atoms with Crippen molar-refractivity contribution in [2.45, 2.75) is 18.7 Å². The number of aryl methyl sites for hydroxylation is 1. The summed E-state index contributed by atoms with van der Waals surface area (Å²) in [5.41, 5.74) is 8.49. The zero-order valence-corrected chi connectivity index (χ0v) is 12.6. The monoisotopic (exact) mass is 290 g/mol. The highest BCUT2D eigenvalue weighted by Gasteiger charge is 2.23. The maximum atomic E-state index is 12.7. The standard InChI is InChI=1S/C15H18N2O2S/c1-11-6-4-7-13(10-11)17(3)20(18,19)15-9-5-8-14(16)12(15)2/h4-10H,16H2,1-3H3. The van der Waals surface area contributed by atoms with E-state index in [1.165, 1.54) is 4.31 Å². The first-order valence-corrected chi connectivity index (χ1v) is 7.68. The van der Waals surface area contributed by atoms with E-state index in [-0.39, 0.29) is 4.90 Å². The molecule has 0 heterocycles. The van der Waals surface area contributed by atoms with E-state index in [1.807, 2.05) is 25.1 Å². The average molecular weight is 290 g/mol. The van der Waals surface area contributed by atoms with Gasteiger partial charge in [-0.05, 0) is 49.2 Å². The van der Waals surface area contributed by atoms with Gasteiger partial charge in [0.05, 0.1) is 10.6 Å². The Bertz CT molecular complexity index is 739. The second-order valence-corrected chi connectivity index (χ2v) is 6.72. The summed E-state index contributed by atoms with van der Waals surface area (Å²) in [5.74, 6) is 0. The van der Waals surface area contributed by atoms with Crippen molar-refractivity contribution in [1.82, 2.24) is 0 Å². The molecule has 0 aliphatic rings. The van der Waals surface area contributed by atoms with E-state index in [4.69, 9.17) is 5.73 Å². The predicted molar refractivity (Wildman–Crippen MR) is 82.4 cm³/mol. The fourth-order valence-corrected chi connectivity index (χ4v) is 3.46. The third kappa shape index (κ3) is 2.49. The van der Waals surface area contributed by atoms with Gasteiger partial charge >= 0.3 is 0 Å². The first-order chi connectivity index (χ1) is 9.34. The van der Waals surface area contributed by atoms with E-state index in [0.29, 0.717) is 16.9 Å². The summed E-state index contributed by atoms with van der Waals surface area (Å²) < 4.78 is 26.7. The number of sulfonamides is 1. The molecule has 0 aliphatic heterocycles. The van der Waals surface area contributed by atoms with Crippen molar-refractivity contribution in [3.05, 3.63) is 53.6 Å². The number of nitrogen functional groups attached to an aromatic ring is 1. The van der Waals surface area contributed by atoms with Gasteiger partial charge in [-0.1, -0.05) is 18.2 Å². The van der Waals surface area contributed by atoms with Gasteiger partial charge in [-0.25, -0.2) is 8.42 Å². The second-order valence-electron chi connectivity index (χ2n) is 4.78. The van der Waals surface area contributed by atoms with Crippen molar-refractivity contribution >= 4 is 21.4 Å². The third-order valence-electron chi connectivity index (χ3n) is 3.33. The van der Waals surface area contributed by atoms with E-state index in [2.05, 4.69) is 0 Å². The van der Waals surface area contributed by atoms with Crippen molar-refractivity contribution < 1.29 is 8.42 Å². The molecule has 5 heteroatoms. The summed E-state index contributed by atoms with van der Waals surface area (Å²) in [6.45, 7) is 3.64. The van der Waals surface area contributed by atoms with Crippen LogP contribution >= 0.6 is 0 Å². The van der Waals surface area contributed by atoms with Crippen LogP contribution in [-0.4, -0.2) is 15.5 Å². The molecule has 2 aromatic carbocycles. The van der Waals surface area contributed by atoms with Gasteiger partial charge in [0.1, 0.15) is 0 Å². The highest BCUT2D eigenvalue weighted by molar-refractivity contribution is 7.92. The SMILES string of the molecule is Cc1cccc(N(C)S(=O)(=O)c2cccc(N)c2C)c1. The topological polar surface area (TPSA) is 63.4 Å². The van der Waals surface area contributed by atoms with Gasteiger partial charge in [-0.2, -0.15) is 0 Å². The van der Waals surface area contributed by atoms with Crippen molar-refractivity contribution in [2.75, 3.05) is 17.1 Å². The highest BCUT2D eigenvalue weighted by Crippen LogP contribution is 2.27. The zero-order valence-electron chi connectivity index (χ0n) is 11.8. The molecule has 2 N–H and O–H groups in total. The fraction of sp³-hybridized carbons (Fsp3) is 0.200. The molecule has 0 spiro atoms. The normalized spacial score (nSPS) is 11.3. The summed E-state index contributed by atoms with van der Waals surface area (Å²) in [6.07, 6.45) is 0. The van der Waals surface area contributed by atoms with Crippen LogP contribution in [0.5, 0.6) is 0 Å². The van der Waals surface area contributed by atoms with Gasteiger partial charge in [-0.15, -0.1) is 0 Å². The van der Waals surface area contributed by atoms with Crippen LogP contribution in [0.15, 0.2) is 47.4 Å². The largest absolute Gasteiger partial charge is 0.398 e. The minimum absolute atomic E-state index is 0.238. The lowest BCUT2D eigenvalue weighted by atomic mass is 10.2.